The van der Waals surface area contributed by atoms with E-state index in [4.69, 9.17) is 18.9 Å². The van der Waals surface area contributed by atoms with E-state index in [0.717, 1.165) is 5.56 Å². The maximum Gasteiger partial charge on any atom is 0.420 e. The summed E-state index contributed by atoms with van der Waals surface area (Å²) in [5, 5.41) is 0. The van der Waals surface area contributed by atoms with Crippen LogP contribution in [-0.2, 0) is 23.7 Å². The molecule has 0 aromatic heterocycles. The van der Waals surface area contributed by atoms with Crippen molar-refractivity contribution in [3.63, 3.8) is 0 Å². The molecular weight excluding hydrogens is 402 g/mol. The Morgan fingerprint density at radius 3 is 1.94 bits per heavy atom. The van der Waals surface area contributed by atoms with Gasteiger partial charge in [-0.25, -0.2) is 14.5 Å². The first-order chi connectivity index (χ1) is 14.3. The Kier molecular flexibility index (Phi) is 9.55. The van der Waals surface area contributed by atoms with E-state index in [-0.39, 0.29) is 12.7 Å². The topological polar surface area (TPSA) is 91.4 Å². The molecule has 0 aliphatic heterocycles. The molecule has 172 valence electrons. The van der Waals surface area contributed by atoms with Crippen LogP contribution in [0.4, 0.5) is 9.59 Å². The molecular formula is C23H33NO7. The zero-order valence-corrected chi connectivity index (χ0v) is 19.3. The third kappa shape index (κ3) is 11.1. The molecule has 1 rings (SSSR count). The summed E-state index contributed by atoms with van der Waals surface area (Å²) in [6, 6.07) is 9.65. The van der Waals surface area contributed by atoms with Crippen LogP contribution in [0.5, 0.6) is 0 Å². The molecule has 1 aromatic rings. The molecule has 0 saturated heterocycles. The van der Waals surface area contributed by atoms with Crippen molar-refractivity contribution in [2.75, 3.05) is 13.2 Å². The Morgan fingerprint density at radius 2 is 1.45 bits per heavy atom. The van der Waals surface area contributed by atoms with Crippen LogP contribution in [0.2, 0.25) is 0 Å². The summed E-state index contributed by atoms with van der Waals surface area (Å²) in [7, 11) is 0. The maximum absolute atomic E-state index is 12.4. The lowest BCUT2D eigenvalue weighted by Crippen LogP contribution is -2.46. The molecule has 0 N–H and O–H groups in total. The van der Waals surface area contributed by atoms with Crippen molar-refractivity contribution < 1.29 is 33.3 Å². The maximum atomic E-state index is 12.4. The minimum atomic E-state index is -0.991. The molecule has 0 saturated carbocycles. The van der Waals surface area contributed by atoms with Crippen molar-refractivity contribution in [2.24, 2.45) is 0 Å². The Morgan fingerprint density at radius 1 is 0.935 bits per heavy atom. The Balaban J connectivity index is 2.61. The molecule has 0 fully saturated rings. The molecule has 31 heavy (non-hydrogen) atoms. The Labute approximate surface area is 184 Å². The highest BCUT2D eigenvalue weighted by atomic mass is 16.6. The third-order valence-electron chi connectivity index (χ3n) is 3.50. The van der Waals surface area contributed by atoms with Crippen LogP contribution in [0.3, 0.4) is 0 Å². The molecule has 0 heterocycles. The van der Waals surface area contributed by atoms with Gasteiger partial charge in [0.2, 0.25) is 0 Å². The number of hydrogen-bond acceptors (Lipinski definition) is 7. The highest BCUT2D eigenvalue weighted by Gasteiger charge is 2.33. The number of ether oxygens (including phenoxy) is 4. The minimum absolute atomic E-state index is 0.0865. The second kappa shape index (κ2) is 11.4. The van der Waals surface area contributed by atoms with E-state index < -0.39 is 35.9 Å². The molecule has 0 unspecified atom stereocenters. The van der Waals surface area contributed by atoms with Crippen molar-refractivity contribution in [3.8, 4) is 0 Å². The molecule has 2 amide bonds. The van der Waals surface area contributed by atoms with Crippen LogP contribution in [-0.4, -0.2) is 47.4 Å². The standard InChI is InChI=1S/C23H33NO7/c1-17(18-12-9-8-10-13-18)28-14-11-15-29-19(25)16-24(20(26)30-22(2,3)4)21(27)31-23(5,6)7/h8-14,17H,15-16H2,1-7H3/b14-11+/t17-/m0/s1. The monoisotopic (exact) mass is 435 g/mol. The average Bonchev–Trinajstić information content (AvgIpc) is 2.63. The van der Waals surface area contributed by atoms with Crippen LogP contribution < -0.4 is 0 Å². The first-order valence-corrected chi connectivity index (χ1v) is 10.0. The third-order valence-corrected chi connectivity index (χ3v) is 3.50. The summed E-state index contributed by atoms with van der Waals surface area (Å²) >= 11 is 0. The fourth-order valence-electron chi connectivity index (χ4n) is 2.17. The normalized spacial score (nSPS) is 12.7. The van der Waals surface area contributed by atoms with Gasteiger partial charge in [0, 0.05) is 0 Å². The van der Waals surface area contributed by atoms with E-state index in [1.165, 1.54) is 12.3 Å². The number of carbonyl (C=O) groups excluding carboxylic acids is 3. The highest BCUT2D eigenvalue weighted by Crippen LogP contribution is 2.16. The van der Waals surface area contributed by atoms with Gasteiger partial charge in [-0.15, -0.1) is 0 Å². The largest absolute Gasteiger partial charge is 0.494 e. The zero-order valence-electron chi connectivity index (χ0n) is 19.3. The van der Waals surface area contributed by atoms with Crippen molar-refractivity contribution in [3.05, 3.63) is 48.2 Å². The number of carbonyl (C=O) groups is 3. The van der Waals surface area contributed by atoms with Gasteiger partial charge in [-0.05, 0) is 60.1 Å². The SMILES string of the molecule is C[C@H](O/C=C/COC(=O)CN(C(=O)OC(C)(C)C)C(=O)OC(C)(C)C)c1ccccc1. The summed E-state index contributed by atoms with van der Waals surface area (Å²) in [6.45, 7) is 11.1. The summed E-state index contributed by atoms with van der Waals surface area (Å²) < 4.78 is 21.0. The zero-order chi connectivity index (χ0) is 23.7. The van der Waals surface area contributed by atoms with Gasteiger partial charge in [0.25, 0.3) is 0 Å². The fourth-order valence-corrected chi connectivity index (χ4v) is 2.17. The van der Waals surface area contributed by atoms with Gasteiger partial charge in [-0.2, -0.15) is 0 Å². The molecule has 0 bridgehead atoms. The van der Waals surface area contributed by atoms with Gasteiger partial charge in [0.15, 0.2) is 0 Å². The molecule has 0 spiro atoms. The smallest absolute Gasteiger partial charge is 0.420 e. The average molecular weight is 436 g/mol. The number of nitrogens with zero attached hydrogens (tertiary/aromatic N) is 1. The van der Waals surface area contributed by atoms with Gasteiger partial charge in [0.05, 0.1) is 6.26 Å². The van der Waals surface area contributed by atoms with Crippen LogP contribution in [0, 0.1) is 0 Å². The van der Waals surface area contributed by atoms with Crippen LogP contribution in [0.25, 0.3) is 0 Å². The lowest BCUT2D eigenvalue weighted by Gasteiger charge is -2.28. The Hall–Kier alpha value is -3.03. The fraction of sp³-hybridized carbons (Fsp3) is 0.522. The second-order valence-electron chi connectivity index (χ2n) is 8.79. The van der Waals surface area contributed by atoms with Crippen LogP contribution in [0.1, 0.15) is 60.1 Å². The number of hydrogen-bond donors (Lipinski definition) is 0. The second-order valence-corrected chi connectivity index (χ2v) is 8.79. The van der Waals surface area contributed by atoms with E-state index in [1.54, 1.807) is 41.5 Å². The van der Waals surface area contributed by atoms with Crippen LogP contribution in [0.15, 0.2) is 42.7 Å². The quantitative estimate of drug-likeness (QED) is 0.338. The van der Waals surface area contributed by atoms with Gasteiger partial charge in [-0.1, -0.05) is 30.3 Å². The van der Waals surface area contributed by atoms with E-state index in [0.29, 0.717) is 4.90 Å². The number of esters is 1. The summed E-state index contributed by atoms with van der Waals surface area (Å²) in [4.78, 5) is 37.5. The predicted molar refractivity (Wildman–Crippen MR) is 115 cm³/mol. The molecule has 1 atom stereocenters. The molecule has 8 heteroatoms. The summed E-state index contributed by atoms with van der Waals surface area (Å²) in [5.74, 6) is -0.794. The lowest BCUT2D eigenvalue weighted by molar-refractivity contribution is -0.143. The van der Waals surface area contributed by atoms with E-state index in [9.17, 15) is 14.4 Å². The number of amides is 2. The Bertz CT molecular complexity index is 732. The van der Waals surface area contributed by atoms with Gasteiger partial charge >= 0.3 is 18.2 Å². The van der Waals surface area contributed by atoms with E-state index >= 15 is 0 Å². The first kappa shape index (κ1) is 26.0. The van der Waals surface area contributed by atoms with Crippen LogP contribution >= 0.6 is 0 Å². The van der Waals surface area contributed by atoms with Crippen molar-refractivity contribution in [2.45, 2.75) is 65.8 Å². The molecule has 0 aliphatic carbocycles. The lowest BCUT2D eigenvalue weighted by atomic mass is 10.1. The number of benzene rings is 1. The van der Waals surface area contributed by atoms with Gasteiger partial charge in [-0.3, -0.25) is 4.79 Å². The minimum Gasteiger partial charge on any atom is -0.494 e. The van der Waals surface area contributed by atoms with Gasteiger partial charge in [0.1, 0.15) is 30.5 Å². The highest BCUT2D eigenvalue weighted by molar-refractivity contribution is 5.92. The van der Waals surface area contributed by atoms with Crippen molar-refractivity contribution >= 4 is 18.2 Å². The van der Waals surface area contributed by atoms with Crippen molar-refractivity contribution in [1.29, 1.82) is 0 Å². The van der Waals surface area contributed by atoms with Gasteiger partial charge < -0.3 is 18.9 Å². The predicted octanol–water partition coefficient (Wildman–Crippen LogP) is 4.99. The molecule has 0 radical (unpaired) electrons. The number of imide groups is 1. The molecule has 1 aromatic carbocycles. The molecule has 0 aliphatic rings. The summed E-state index contributed by atoms with van der Waals surface area (Å²) in [6.07, 6.45) is 0.805. The molecule has 8 nitrogen and oxygen atoms in total. The first-order valence-electron chi connectivity index (χ1n) is 10.0. The van der Waals surface area contributed by atoms with E-state index in [2.05, 4.69) is 0 Å². The van der Waals surface area contributed by atoms with Crippen molar-refractivity contribution in [1.82, 2.24) is 4.90 Å². The number of rotatable bonds is 7. The summed E-state index contributed by atoms with van der Waals surface area (Å²) in [5.41, 5.74) is -0.692. The van der Waals surface area contributed by atoms with E-state index in [1.807, 2.05) is 37.3 Å².